The molecule has 142 valence electrons. The molecule has 8 heteroatoms. The smallest absolute Gasteiger partial charge is 0.258 e. The van der Waals surface area contributed by atoms with Gasteiger partial charge in [0.25, 0.3) is 5.91 Å². The van der Waals surface area contributed by atoms with Crippen LogP contribution in [0.25, 0.3) is 0 Å². The maximum atomic E-state index is 12.7. The van der Waals surface area contributed by atoms with Crippen LogP contribution in [0.15, 0.2) is 48.5 Å². The van der Waals surface area contributed by atoms with Gasteiger partial charge in [0.1, 0.15) is 5.75 Å². The summed E-state index contributed by atoms with van der Waals surface area (Å²) in [6, 6.07) is 13.9. The van der Waals surface area contributed by atoms with Gasteiger partial charge in [-0.25, -0.2) is 12.7 Å². The molecular weight excluding hydrogens is 388 g/mol. The molecule has 2 aromatic carbocycles. The summed E-state index contributed by atoms with van der Waals surface area (Å²) < 4.78 is 33.0. The monoisotopic (exact) mass is 406 g/mol. The Bertz CT molecular complexity index is 967. The Balaban J connectivity index is 1.46. The lowest BCUT2D eigenvalue weighted by atomic mass is 9.98. The first-order valence-electron chi connectivity index (χ1n) is 8.70. The number of hydrogen-bond donors (Lipinski definition) is 1. The van der Waals surface area contributed by atoms with Crippen LogP contribution in [-0.4, -0.2) is 37.4 Å². The number of rotatable bonds is 3. The van der Waals surface area contributed by atoms with Crippen LogP contribution in [0.2, 0.25) is 5.02 Å². The summed E-state index contributed by atoms with van der Waals surface area (Å²) in [5, 5.41) is 3.49. The fraction of sp³-hybridized carbons (Fsp3) is 0.316. The van der Waals surface area contributed by atoms with Gasteiger partial charge in [0.2, 0.25) is 10.0 Å². The van der Waals surface area contributed by atoms with Crippen LogP contribution in [0.3, 0.4) is 0 Å². The second-order valence-corrected chi connectivity index (χ2v) is 9.23. The average Bonchev–Trinajstić information content (AvgIpc) is 2.64. The predicted octanol–water partition coefficient (Wildman–Crippen LogP) is 2.78. The fourth-order valence-electron chi connectivity index (χ4n) is 3.49. The van der Waals surface area contributed by atoms with Crippen LogP contribution < -0.4 is 10.1 Å². The Morgan fingerprint density at radius 3 is 2.44 bits per heavy atom. The average molecular weight is 407 g/mol. The molecule has 2 heterocycles. The molecule has 2 aliphatic rings. The minimum atomic E-state index is -3.46. The van der Waals surface area contributed by atoms with Crippen molar-refractivity contribution in [1.82, 2.24) is 9.62 Å². The largest absolute Gasteiger partial charge is 0.467 e. The number of nitrogens with one attached hydrogen (secondary N) is 1. The predicted molar refractivity (Wildman–Crippen MR) is 102 cm³/mol. The van der Waals surface area contributed by atoms with Gasteiger partial charge in [-0.05, 0) is 29.8 Å². The summed E-state index contributed by atoms with van der Waals surface area (Å²) in [5.41, 5.74) is 0.342. The zero-order valence-electron chi connectivity index (χ0n) is 14.5. The molecule has 1 fully saturated rings. The van der Waals surface area contributed by atoms with E-state index in [2.05, 4.69) is 5.32 Å². The Morgan fingerprint density at radius 2 is 1.74 bits per heavy atom. The molecule has 27 heavy (non-hydrogen) atoms. The molecular formula is C19H19ClN2O4S. The first-order valence-corrected chi connectivity index (χ1v) is 10.7. The summed E-state index contributed by atoms with van der Waals surface area (Å²) in [6.45, 7) is 0.580. The lowest BCUT2D eigenvalue weighted by Gasteiger charge is -2.44. The van der Waals surface area contributed by atoms with Crippen LogP contribution in [0.1, 0.15) is 28.8 Å². The maximum Gasteiger partial charge on any atom is 0.258 e. The van der Waals surface area contributed by atoms with Crippen molar-refractivity contribution < 1.29 is 17.9 Å². The van der Waals surface area contributed by atoms with E-state index in [1.54, 1.807) is 42.5 Å². The van der Waals surface area contributed by atoms with Crippen molar-refractivity contribution in [2.75, 3.05) is 13.1 Å². The second-order valence-electron chi connectivity index (χ2n) is 6.83. The van der Waals surface area contributed by atoms with Gasteiger partial charge in [-0.1, -0.05) is 35.9 Å². The Morgan fingerprint density at radius 1 is 1.07 bits per heavy atom. The number of amides is 1. The minimum Gasteiger partial charge on any atom is -0.467 e. The van der Waals surface area contributed by atoms with Crippen molar-refractivity contribution in [2.45, 2.75) is 24.3 Å². The third-order valence-electron chi connectivity index (χ3n) is 4.96. The molecule has 2 aliphatic heterocycles. The fourth-order valence-corrected chi connectivity index (χ4v) is 5.15. The second kappa shape index (κ2) is 6.82. The van der Waals surface area contributed by atoms with Gasteiger partial charge < -0.3 is 10.1 Å². The van der Waals surface area contributed by atoms with Gasteiger partial charge in [0, 0.05) is 31.0 Å². The standard InChI is InChI=1S/C19H19ClN2O4S/c20-15-7-5-14(6-8-15)13-27(24,25)22-11-9-19(10-12-22)21-18(23)16-3-1-2-4-17(16)26-19/h1-8H,9-13H2,(H,21,23). The van der Waals surface area contributed by atoms with Gasteiger partial charge in [0.15, 0.2) is 5.72 Å². The van der Waals surface area contributed by atoms with E-state index in [9.17, 15) is 13.2 Å². The number of nitrogens with zero attached hydrogens (tertiary/aromatic N) is 1. The molecule has 0 atom stereocenters. The highest BCUT2D eigenvalue weighted by molar-refractivity contribution is 7.88. The van der Waals surface area contributed by atoms with E-state index in [0.717, 1.165) is 0 Å². The third-order valence-corrected chi connectivity index (χ3v) is 7.07. The maximum absolute atomic E-state index is 12.7. The number of carbonyl (C=O) groups is 1. The molecule has 1 amide bonds. The third kappa shape index (κ3) is 3.67. The summed E-state index contributed by atoms with van der Waals surface area (Å²) in [5.74, 6) is 0.278. The highest BCUT2D eigenvalue weighted by Gasteiger charge is 2.44. The van der Waals surface area contributed by atoms with Crippen LogP contribution in [0.5, 0.6) is 5.75 Å². The molecule has 6 nitrogen and oxygen atoms in total. The molecule has 2 aromatic rings. The van der Waals surface area contributed by atoms with E-state index in [1.807, 2.05) is 6.07 Å². The Labute approximate surface area is 163 Å². The Kier molecular flexibility index (Phi) is 4.61. The SMILES string of the molecule is O=C1NC2(CCN(S(=O)(=O)Cc3ccc(Cl)cc3)CC2)Oc2ccccc21. The van der Waals surface area contributed by atoms with E-state index < -0.39 is 15.7 Å². The van der Waals surface area contributed by atoms with Gasteiger partial charge in [-0.15, -0.1) is 0 Å². The quantitative estimate of drug-likeness (QED) is 0.850. The lowest BCUT2D eigenvalue weighted by molar-refractivity contribution is -0.0155. The minimum absolute atomic E-state index is 0.0762. The summed E-state index contributed by atoms with van der Waals surface area (Å²) in [7, 11) is -3.46. The lowest BCUT2D eigenvalue weighted by Crippen LogP contribution is -2.61. The molecule has 0 unspecified atom stereocenters. The van der Waals surface area contributed by atoms with Crippen LogP contribution in [0.4, 0.5) is 0 Å². The first-order chi connectivity index (χ1) is 12.9. The number of halogens is 1. The van der Waals surface area contributed by atoms with E-state index in [4.69, 9.17) is 16.3 Å². The van der Waals surface area contributed by atoms with Gasteiger partial charge in [-0.3, -0.25) is 4.79 Å². The highest BCUT2D eigenvalue weighted by atomic mass is 35.5. The van der Waals surface area contributed by atoms with Gasteiger partial charge in [-0.2, -0.15) is 0 Å². The van der Waals surface area contributed by atoms with E-state index >= 15 is 0 Å². The molecule has 0 aliphatic carbocycles. The molecule has 4 rings (SSSR count). The van der Waals surface area contributed by atoms with E-state index in [-0.39, 0.29) is 11.7 Å². The molecule has 1 spiro atoms. The van der Waals surface area contributed by atoms with Crippen molar-refractivity contribution in [3.8, 4) is 5.75 Å². The van der Waals surface area contributed by atoms with E-state index in [1.165, 1.54) is 4.31 Å². The topological polar surface area (TPSA) is 75.7 Å². The van der Waals surface area contributed by atoms with Gasteiger partial charge in [0.05, 0.1) is 11.3 Å². The molecule has 0 saturated carbocycles. The van der Waals surface area contributed by atoms with Crippen LogP contribution in [0, 0.1) is 0 Å². The number of ether oxygens (including phenoxy) is 1. The molecule has 0 radical (unpaired) electrons. The number of carbonyl (C=O) groups excluding carboxylic acids is 1. The zero-order valence-corrected chi connectivity index (χ0v) is 16.1. The van der Waals surface area contributed by atoms with Crippen molar-refractivity contribution >= 4 is 27.5 Å². The summed E-state index contributed by atoms with van der Waals surface area (Å²) >= 11 is 5.85. The Hall–Kier alpha value is -2.09. The highest BCUT2D eigenvalue weighted by Crippen LogP contribution is 2.34. The number of benzene rings is 2. The van der Waals surface area contributed by atoms with Crippen molar-refractivity contribution in [2.24, 2.45) is 0 Å². The number of para-hydroxylation sites is 1. The number of hydrogen-bond acceptors (Lipinski definition) is 4. The normalized spacial score (nSPS) is 19.2. The first kappa shape index (κ1) is 18.3. The molecule has 1 N–H and O–H groups in total. The number of sulfonamides is 1. The van der Waals surface area contributed by atoms with Crippen LogP contribution in [-0.2, 0) is 15.8 Å². The summed E-state index contributed by atoms with van der Waals surface area (Å²) in [4.78, 5) is 12.4. The number of piperidine rings is 1. The molecule has 0 aromatic heterocycles. The van der Waals surface area contributed by atoms with Crippen molar-refractivity contribution in [3.05, 3.63) is 64.7 Å². The zero-order chi connectivity index (χ0) is 19.1. The van der Waals surface area contributed by atoms with E-state index in [0.29, 0.717) is 47.8 Å². The van der Waals surface area contributed by atoms with Crippen molar-refractivity contribution in [1.29, 1.82) is 0 Å². The van der Waals surface area contributed by atoms with Crippen molar-refractivity contribution in [3.63, 3.8) is 0 Å². The number of fused-ring (bicyclic) bond motifs is 1. The molecule has 1 saturated heterocycles. The summed E-state index contributed by atoms with van der Waals surface area (Å²) in [6.07, 6.45) is 0.792. The molecule has 0 bridgehead atoms. The van der Waals surface area contributed by atoms with Gasteiger partial charge >= 0.3 is 0 Å². The van der Waals surface area contributed by atoms with Crippen LogP contribution >= 0.6 is 11.6 Å².